The Bertz CT molecular complexity index is 436. The number of nitro groups is 1. The minimum Gasteiger partial charge on any atom is -0.396 e. The van der Waals surface area contributed by atoms with E-state index in [0.29, 0.717) is 3.57 Å². The molecule has 0 fully saturated rings. The van der Waals surface area contributed by atoms with E-state index < -0.39 is 22.9 Å². The maximum Gasteiger partial charge on any atom is 0.573 e. The number of aromatic nitrogens is 1. The topological polar surface area (TPSA) is 65.3 Å². The molecule has 0 unspecified atom stereocenters. The summed E-state index contributed by atoms with van der Waals surface area (Å²) in [5.74, 6) is -1.82. The number of hydrogen-bond acceptors (Lipinski definition) is 4. The predicted molar refractivity (Wildman–Crippen MR) is 55.0 cm³/mol. The minimum absolute atomic E-state index is 0.0274. The molecule has 0 spiro atoms. The van der Waals surface area contributed by atoms with Gasteiger partial charge < -0.3 is 14.9 Å². The van der Waals surface area contributed by atoms with E-state index in [0.717, 1.165) is 6.20 Å². The van der Waals surface area contributed by atoms with Crippen molar-refractivity contribution in [1.29, 1.82) is 0 Å². The van der Waals surface area contributed by atoms with Crippen molar-refractivity contribution in [1.82, 2.24) is 4.98 Å². The number of pyridine rings is 1. The molecule has 0 aliphatic rings. The molecule has 1 aromatic heterocycles. The van der Waals surface area contributed by atoms with Crippen LogP contribution in [0.25, 0.3) is 0 Å². The molecule has 0 atom stereocenters. The van der Waals surface area contributed by atoms with E-state index in [-0.39, 0.29) is 5.56 Å². The van der Waals surface area contributed by atoms with Crippen LogP contribution < -0.4 is 4.74 Å². The van der Waals surface area contributed by atoms with Gasteiger partial charge in [0.05, 0.1) is 3.57 Å². The van der Waals surface area contributed by atoms with Crippen molar-refractivity contribution in [3.05, 3.63) is 25.4 Å². The van der Waals surface area contributed by atoms with E-state index in [2.05, 4.69) is 9.72 Å². The zero-order chi connectivity index (χ0) is 12.5. The highest BCUT2D eigenvalue weighted by atomic mass is 127. The Labute approximate surface area is 101 Å². The molecular weight excluding hydrogens is 344 g/mol. The van der Waals surface area contributed by atoms with E-state index in [9.17, 15) is 23.3 Å². The first-order valence-electron chi connectivity index (χ1n) is 3.77. The van der Waals surface area contributed by atoms with Gasteiger partial charge in [0.15, 0.2) is 6.20 Å². The summed E-state index contributed by atoms with van der Waals surface area (Å²) in [6, 6.07) is 0. The third-order valence-corrected chi connectivity index (χ3v) is 2.68. The summed E-state index contributed by atoms with van der Waals surface area (Å²) in [6.07, 6.45) is -3.88. The Morgan fingerprint density at radius 3 is 2.56 bits per heavy atom. The van der Waals surface area contributed by atoms with E-state index in [1.54, 1.807) is 22.6 Å². The van der Waals surface area contributed by atoms with Gasteiger partial charge >= 0.3 is 12.2 Å². The fourth-order valence-corrected chi connectivity index (χ4v) is 1.30. The lowest BCUT2D eigenvalue weighted by molar-refractivity contribution is -0.393. The van der Waals surface area contributed by atoms with Crippen LogP contribution in [0, 0.1) is 20.6 Å². The summed E-state index contributed by atoms with van der Waals surface area (Å²) < 4.78 is 40.0. The molecule has 0 N–H and O–H groups in total. The quantitative estimate of drug-likeness (QED) is 0.468. The normalized spacial score (nSPS) is 11.3. The zero-order valence-electron chi connectivity index (χ0n) is 7.71. The van der Waals surface area contributed by atoms with Crippen LogP contribution in [0.5, 0.6) is 5.75 Å². The molecule has 0 radical (unpaired) electrons. The maximum absolute atomic E-state index is 12.0. The Hall–Kier alpha value is -1.13. The second-order valence-electron chi connectivity index (χ2n) is 2.69. The van der Waals surface area contributed by atoms with Crippen LogP contribution in [0.3, 0.4) is 0 Å². The van der Waals surface area contributed by atoms with Crippen molar-refractivity contribution >= 4 is 28.4 Å². The van der Waals surface area contributed by atoms with Crippen LogP contribution in [0.2, 0.25) is 0 Å². The Morgan fingerprint density at radius 1 is 1.56 bits per heavy atom. The standard InChI is InChI=1S/C7H4F3IN2O3/c1-3-4(11)2-12-6(13(14)15)5(3)16-7(8,9)10/h2H,1H3. The molecule has 0 amide bonds. The van der Waals surface area contributed by atoms with Crippen LogP contribution in [-0.4, -0.2) is 16.3 Å². The van der Waals surface area contributed by atoms with Gasteiger partial charge in [0.1, 0.15) is 0 Å². The van der Waals surface area contributed by atoms with Crippen LogP contribution in [0.4, 0.5) is 19.0 Å². The lowest BCUT2D eigenvalue weighted by Gasteiger charge is -2.11. The van der Waals surface area contributed by atoms with E-state index >= 15 is 0 Å². The highest BCUT2D eigenvalue weighted by molar-refractivity contribution is 14.1. The summed E-state index contributed by atoms with van der Waals surface area (Å²) in [5.41, 5.74) is 0.0274. The number of nitrogens with zero attached hydrogens (tertiary/aromatic N) is 2. The maximum atomic E-state index is 12.0. The third-order valence-electron chi connectivity index (χ3n) is 1.59. The van der Waals surface area contributed by atoms with Crippen molar-refractivity contribution in [2.45, 2.75) is 13.3 Å². The molecule has 9 heteroatoms. The first-order chi connectivity index (χ1) is 7.22. The molecule has 16 heavy (non-hydrogen) atoms. The van der Waals surface area contributed by atoms with Gasteiger partial charge in [-0.15, -0.1) is 13.2 Å². The van der Waals surface area contributed by atoms with Crippen molar-refractivity contribution in [3.8, 4) is 5.75 Å². The SMILES string of the molecule is Cc1c(I)cnc([N+](=O)[O-])c1OC(F)(F)F. The Balaban J connectivity index is 3.32. The molecule has 1 heterocycles. The first kappa shape index (κ1) is 12.9. The number of ether oxygens (including phenoxy) is 1. The lowest BCUT2D eigenvalue weighted by atomic mass is 10.2. The molecule has 1 rings (SSSR count). The van der Waals surface area contributed by atoms with Crippen LogP contribution in [0.1, 0.15) is 5.56 Å². The summed E-state index contributed by atoms with van der Waals surface area (Å²) in [7, 11) is 0. The predicted octanol–water partition coefficient (Wildman–Crippen LogP) is 2.80. The van der Waals surface area contributed by atoms with Gasteiger partial charge in [-0.05, 0) is 39.4 Å². The Morgan fingerprint density at radius 2 is 2.12 bits per heavy atom. The van der Waals surface area contributed by atoms with Gasteiger partial charge in [-0.3, -0.25) is 0 Å². The van der Waals surface area contributed by atoms with Gasteiger partial charge in [-0.2, -0.15) is 0 Å². The highest BCUT2D eigenvalue weighted by Crippen LogP contribution is 2.35. The van der Waals surface area contributed by atoms with Crippen LogP contribution in [0.15, 0.2) is 6.20 Å². The molecule has 88 valence electrons. The number of halogens is 4. The van der Waals surface area contributed by atoms with Crippen molar-refractivity contribution in [2.24, 2.45) is 0 Å². The summed E-state index contributed by atoms with van der Waals surface area (Å²) in [4.78, 5) is 12.7. The fraction of sp³-hybridized carbons (Fsp3) is 0.286. The fourth-order valence-electron chi connectivity index (χ4n) is 0.917. The molecule has 0 bridgehead atoms. The average molecular weight is 348 g/mol. The molecule has 0 aliphatic heterocycles. The van der Waals surface area contributed by atoms with E-state index in [1.807, 2.05) is 0 Å². The van der Waals surface area contributed by atoms with Crippen LogP contribution in [-0.2, 0) is 0 Å². The van der Waals surface area contributed by atoms with Gasteiger partial charge in [0.25, 0.3) is 0 Å². The number of hydrogen-bond donors (Lipinski definition) is 0. The van der Waals surface area contributed by atoms with E-state index in [1.165, 1.54) is 6.92 Å². The van der Waals surface area contributed by atoms with Crippen molar-refractivity contribution < 1.29 is 22.8 Å². The lowest BCUT2D eigenvalue weighted by Crippen LogP contribution is -2.19. The molecule has 0 aromatic carbocycles. The Kier molecular flexibility index (Phi) is 3.55. The monoisotopic (exact) mass is 348 g/mol. The third kappa shape index (κ3) is 2.93. The van der Waals surface area contributed by atoms with Gasteiger partial charge in [0, 0.05) is 5.56 Å². The van der Waals surface area contributed by atoms with Crippen LogP contribution >= 0.6 is 22.6 Å². The summed E-state index contributed by atoms with van der Waals surface area (Å²) >= 11 is 1.71. The van der Waals surface area contributed by atoms with E-state index in [4.69, 9.17) is 0 Å². The molecule has 0 saturated heterocycles. The van der Waals surface area contributed by atoms with Crippen molar-refractivity contribution in [3.63, 3.8) is 0 Å². The minimum atomic E-state index is -4.98. The number of rotatable bonds is 2. The molecule has 1 aromatic rings. The molecule has 5 nitrogen and oxygen atoms in total. The second kappa shape index (κ2) is 4.39. The highest BCUT2D eigenvalue weighted by Gasteiger charge is 2.36. The molecule has 0 saturated carbocycles. The zero-order valence-corrected chi connectivity index (χ0v) is 9.87. The molecule has 0 aliphatic carbocycles. The smallest absolute Gasteiger partial charge is 0.396 e. The van der Waals surface area contributed by atoms with Gasteiger partial charge in [0.2, 0.25) is 5.75 Å². The molecular formula is C7H4F3IN2O3. The van der Waals surface area contributed by atoms with Gasteiger partial charge in [-0.25, -0.2) is 0 Å². The number of alkyl halides is 3. The summed E-state index contributed by atoms with van der Waals surface area (Å²) in [6.45, 7) is 1.29. The van der Waals surface area contributed by atoms with Crippen molar-refractivity contribution in [2.75, 3.05) is 0 Å². The average Bonchev–Trinajstić information content (AvgIpc) is 2.10. The second-order valence-corrected chi connectivity index (χ2v) is 3.85. The largest absolute Gasteiger partial charge is 0.573 e. The summed E-state index contributed by atoms with van der Waals surface area (Å²) in [5, 5.41) is 10.5. The van der Waals surface area contributed by atoms with Gasteiger partial charge in [-0.1, -0.05) is 0 Å². The first-order valence-corrected chi connectivity index (χ1v) is 4.85.